The molecular formula is C8H11BrOS. The van der Waals surface area contributed by atoms with E-state index >= 15 is 0 Å². The van der Waals surface area contributed by atoms with Gasteiger partial charge in [0.2, 0.25) is 0 Å². The van der Waals surface area contributed by atoms with Crippen LogP contribution >= 0.6 is 27.3 Å². The fourth-order valence-corrected chi connectivity index (χ4v) is 2.59. The predicted octanol–water partition coefficient (Wildman–Crippen LogP) is 3.00. The Hall–Kier alpha value is 0.140. The summed E-state index contributed by atoms with van der Waals surface area (Å²) in [7, 11) is 0. The highest BCUT2D eigenvalue weighted by Crippen LogP contribution is 2.28. The van der Waals surface area contributed by atoms with Crippen molar-refractivity contribution in [2.24, 2.45) is 0 Å². The molecule has 1 aromatic rings. The summed E-state index contributed by atoms with van der Waals surface area (Å²) in [6.07, 6.45) is 1.00. The maximum Gasteiger partial charge on any atom is 0.0507 e. The Morgan fingerprint density at radius 3 is 2.82 bits per heavy atom. The number of thiophene rings is 1. The second-order valence-corrected chi connectivity index (χ2v) is 4.31. The molecule has 0 bridgehead atoms. The fraction of sp³-hybridized carbons (Fsp3) is 0.500. The minimum absolute atomic E-state index is 0.253. The van der Waals surface area contributed by atoms with Crippen LogP contribution in [-0.2, 0) is 0 Å². The Morgan fingerprint density at radius 1 is 1.73 bits per heavy atom. The van der Waals surface area contributed by atoms with Gasteiger partial charge in [0.25, 0.3) is 0 Å². The smallest absolute Gasteiger partial charge is 0.0507 e. The lowest BCUT2D eigenvalue weighted by Gasteiger charge is -2.07. The Balaban J connectivity index is 2.73. The first-order valence-corrected chi connectivity index (χ1v) is 5.30. The van der Waals surface area contributed by atoms with Crippen LogP contribution in [0.3, 0.4) is 0 Å². The maximum atomic E-state index is 8.98. The first-order chi connectivity index (χ1) is 5.27. The van der Waals surface area contributed by atoms with Gasteiger partial charge in [0.15, 0.2) is 0 Å². The molecule has 1 heterocycles. The lowest BCUT2D eigenvalue weighted by Crippen LogP contribution is -1.99. The quantitative estimate of drug-likeness (QED) is 0.853. The highest BCUT2D eigenvalue weighted by molar-refractivity contribution is 9.10. The van der Waals surface area contributed by atoms with E-state index in [9.17, 15) is 0 Å². The summed E-state index contributed by atoms with van der Waals surface area (Å²) in [5, 5.41) is 11.0. The number of aliphatic hydroxyl groups is 1. The molecule has 0 fully saturated rings. The number of hydrogen-bond acceptors (Lipinski definition) is 2. The third-order valence-electron chi connectivity index (χ3n) is 1.70. The zero-order chi connectivity index (χ0) is 8.27. The number of aliphatic hydroxyl groups excluding tert-OH is 1. The Labute approximate surface area is 79.2 Å². The van der Waals surface area contributed by atoms with Crippen molar-refractivity contribution in [1.82, 2.24) is 0 Å². The van der Waals surface area contributed by atoms with Crippen molar-refractivity contribution in [1.29, 1.82) is 0 Å². The third-order valence-corrected chi connectivity index (χ3v) is 3.56. The van der Waals surface area contributed by atoms with Gasteiger partial charge in [0.1, 0.15) is 0 Å². The van der Waals surface area contributed by atoms with Crippen LogP contribution in [0.1, 0.15) is 24.1 Å². The molecule has 3 heteroatoms. The summed E-state index contributed by atoms with van der Waals surface area (Å²) >= 11 is 5.09. The average molecular weight is 235 g/mol. The molecule has 0 amide bonds. The second-order valence-electron chi connectivity index (χ2n) is 2.46. The van der Waals surface area contributed by atoms with E-state index in [0.29, 0.717) is 5.92 Å². The zero-order valence-corrected chi connectivity index (χ0v) is 8.78. The summed E-state index contributed by atoms with van der Waals surface area (Å²) in [4.78, 5) is 1.27. The van der Waals surface area contributed by atoms with Crippen molar-refractivity contribution in [2.75, 3.05) is 6.61 Å². The number of halogens is 1. The maximum absolute atomic E-state index is 8.98. The molecule has 1 unspecified atom stereocenters. The molecule has 1 rings (SSSR count). The molecule has 0 saturated carbocycles. The van der Waals surface area contributed by atoms with Crippen molar-refractivity contribution in [3.05, 3.63) is 20.8 Å². The van der Waals surface area contributed by atoms with Gasteiger partial charge in [-0.1, -0.05) is 6.92 Å². The summed E-state index contributed by atoms with van der Waals surface area (Å²) < 4.78 is 1.12. The molecule has 0 aliphatic heterocycles. The minimum Gasteiger partial charge on any atom is -0.396 e. The van der Waals surface area contributed by atoms with Crippen LogP contribution in [0.15, 0.2) is 15.9 Å². The molecule has 1 atom stereocenters. The fourth-order valence-electron chi connectivity index (χ4n) is 0.963. The topological polar surface area (TPSA) is 20.2 Å². The van der Waals surface area contributed by atoms with E-state index < -0.39 is 0 Å². The number of hydrogen-bond donors (Lipinski definition) is 1. The van der Waals surface area contributed by atoms with Gasteiger partial charge in [-0.3, -0.25) is 0 Å². The molecule has 0 radical (unpaired) electrons. The van der Waals surface area contributed by atoms with Gasteiger partial charge in [-0.2, -0.15) is 0 Å². The van der Waals surface area contributed by atoms with E-state index in [1.54, 1.807) is 11.3 Å². The van der Waals surface area contributed by atoms with Gasteiger partial charge in [0, 0.05) is 20.6 Å². The van der Waals surface area contributed by atoms with Crippen molar-refractivity contribution >= 4 is 27.3 Å². The summed E-state index contributed by atoms with van der Waals surface area (Å²) in [6, 6.07) is 2.08. The van der Waals surface area contributed by atoms with Crippen molar-refractivity contribution in [3.8, 4) is 0 Å². The van der Waals surface area contributed by atoms with Crippen molar-refractivity contribution in [2.45, 2.75) is 19.3 Å². The average Bonchev–Trinajstić information content (AvgIpc) is 2.39. The zero-order valence-electron chi connectivity index (χ0n) is 6.38. The van der Waals surface area contributed by atoms with Crippen molar-refractivity contribution < 1.29 is 5.11 Å². The molecule has 0 aliphatic rings. The Kier molecular flexibility index (Phi) is 3.55. The Morgan fingerprint density at radius 2 is 2.45 bits per heavy atom. The molecule has 0 spiro atoms. The predicted molar refractivity (Wildman–Crippen MR) is 52.1 cm³/mol. The molecule has 0 aliphatic carbocycles. The van der Waals surface area contributed by atoms with E-state index in [1.165, 1.54) is 4.88 Å². The van der Waals surface area contributed by atoms with Gasteiger partial charge in [-0.25, -0.2) is 0 Å². The van der Waals surface area contributed by atoms with Gasteiger partial charge >= 0.3 is 0 Å². The molecule has 1 aromatic heterocycles. The van der Waals surface area contributed by atoms with Crippen LogP contribution < -0.4 is 0 Å². The molecule has 62 valence electrons. The third kappa shape index (κ3) is 2.29. The van der Waals surface area contributed by atoms with Crippen LogP contribution in [0, 0.1) is 0 Å². The van der Waals surface area contributed by atoms with Gasteiger partial charge < -0.3 is 5.11 Å². The van der Waals surface area contributed by atoms with E-state index in [4.69, 9.17) is 5.11 Å². The monoisotopic (exact) mass is 234 g/mol. The molecular weight excluding hydrogens is 224 g/mol. The Bertz CT molecular complexity index is 218. The molecule has 1 N–H and O–H groups in total. The number of rotatable bonds is 3. The highest BCUT2D eigenvalue weighted by Gasteiger charge is 2.09. The molecule has 11 heavy (non-hydrogen) atoms. The molecule has 0 saturated heterocycles. The summed E-state index contributed by atoms with van der Waals surface area (Å²) in [6.45, 7) is 2.35. The van der Waals surface area contributed by atoms with E-state index in [0.717, 1.165) is 10.9 Å². The van der Waals surface area contributed by atoms with Crippen LogP contribution in [0.25, 0.3) is 0 Å². The lowest BCUT2D eigenvalue weighted by atomic mass is 10.1. The van der Waals surface area contributed by atoms with Crippen LogP contribution in [-0.4, -0.2) is 11.7 Å². The standard InChI is InChI=1S/C8H11BrOS/c1-2-6(4-10)8-3-7(9)5-11-8/h3,5-6,10H,2,4H2,1H3. The SMILES string of the molecule is CCC(CO)c1cc(Br)cs1. The summed E-state index contributed by atoms with van der Waals surface area (Å²) in [5.41, 5.74) is 0. The van der Waals surface area contributed by atoms with Crippen LogP contribution in [0.4, 0.5) is 0 Å². The van der Waals surface area contributed by atoms with E-state index in [-0.39, 0.29) is 6.61 Å². The first kappa shape index (κ1) is 9.23. The summed E-state index contributed by atoms with van der Waals surface area (Å²) in [5.74, 6) is 0.325. The highest BCUT2D eigenvalue weighted by atomic mass is 79.9. The van der Waals surface area contributed by atoms with Crippen molar-refractivity contribution in [3.63, 3.8) is 0 Å². The minimum atomic E-state index is 0.253. The van der Waals surface area contributed by atoms with Crippen LogP contribution in [0.5, 0.6) is 0 Å². The first-order valence-electron chi connectivity index (χ1n) is 3.62. The molecule has 1 nitrogen and oxygen atoms in total. The lowest BCUT2D eigenvalue weighted by molar-refractivity contribution is 0.264. The van der Waals surface area contributed by atoms with E-state index in [1.807, 2.05) is 5.38 Å². The van der Waals surface area contributed by atoms with Gasteiger partial charge in [-0.15, -0.1) is 11.3 Å². The van der Waals surface area contributed by atoms with Gasteiger partial charge in [0.05, 0.1) is 6.61 Å². The largest absolute Gasteiger partial charge is 0.396 e. The second kappa shape index (κ2) is 4.24. The van der Waals surface area contributed by atoms with E-state index in [2.05, 4.69) is 28.9 Å². The normalized spacial score (nSPS) is 13.4. The van der Waals surface area contributed by atoms with Crippen LogP contribution in [0.2, 0.25) is 0 Å². The van der Waals surface area contributed by atoms with Gasteiger partial charge in [-0.05, 0) is 28.4 Å². The molecule has 0 aromatic carbocycles.